The summed E-state index contributed by atoms with van der Waals surface area (Å²) in [5.41, 5.74) is 1.95. The van der Waals surface area contributed by atoms with E-state index in [1.807, 2.05) is 74.5 Å². The van der Waals surface area contributed by atoms with Gasteiger partial charge >= 0.3 is 0 Å². The van der Waals surface area contributed by atoms with Crippen molar-refractivity contribution in [3.05, 3.63) is 84.1 Å². The summed E-state index contributed by atoms with van der Waals surface area (Å²) in [5.74, 6) is -0.853. The van der Waals surface area contributed by atoms with Gasteiger partial charge in [0.25, 0.3) is 5.91 Å². The van der Waals surface area contributed by atoms with Gasteiger partial charge in [-0.3, -0.25) is 14.4 Å². The molecule has 0 radical (unpaired) electrons. The zero-order valence-corrected chi connectivity index (χ0v) is 23.5. The average Bonchev–Trinajstić information content (AvgIpc) is 2.93. The second-order valence-electron chi connectivity index (χ2n) is 10.7. The van der Waals surface area contributed by atoms with Crippen LogP contribution in [0, 0.1) is 23.7 Å². The molecule has 2 aromatic rings. The Bertz CT molecular complexity index is 1100. The lowest BCUT2D eigenvalue weighted by molar-refractivity contribution is -0.150. The molecule has 2 amide bonds. The van der Waals surface area contributed by atoms with Crippen molar-refractivity contribution in [3.8, 4) is 0 Å². The maximum absolute atomic E-state index is 13.5. The van der Waals surface area contributed by atoms with Crippen molar-refractivity contribution in [3.63, 3.8) is 0 Å². The number of hydrogen-bond donors (Lipinski definition) is 2. The summed E-state index contributed by atoms with van der Waals surface area (Å²) < 4.78 is 11.5. The maximum atomic E-state index is 13.5. The predicted octanol–water partition coefficient (Wildman–Crippen LogP) is 4.81. The van der Waals surface area contributed by atoms with Gasteiger partial charge in [-0.15, -0.1) is 0 Å². The SMILES string of the molecule is C=C1O[C@@H](C(=O)N[C@H](C(=O)C[C@@H](COCc2ccccc2)C(=O)NCc2ccccc2)C(C)C)[C@@H]1[C@@H](C)CC. The minimum atomic E-state index is -0.744. The fourth-order valence-electron chi connectivity index (χ4n) is 4.77. The molecule has 3 rings (SSSR count). The highest BCUT2D eigenvalue weighted by atomic mass is 16.5. The molecule has 0 aromatic heterocycles. The molecule has 1 aliphatic rings. The normalized spacial score (nSPS) is 18.8. The molecule has 39 heavy (non-hydrogen) atoms. The van der Waals surface area contributed by atoms with Gasteiger partial charge in [0.05, 0.1) is 36.9 Å². The molecule has 1 heterocycles. The van der Waals surface area contributed by atoms with Crippen LogP contribution in [0.25, 0.3) is 0 Å². The summed E-state index contributed by atoms with van der Waals surface area (Å²) in [5, 5.41) is 5.84. The molecule has 1 fully saturated rings. The van der Waals surface area contributed by atoms with Gasteiger partial charge in [-0.05, 0) is 23.0 Å². The Labute approximate surface area is 232 Å². The summed E-state index contributed by atoms with van der Waals surface area (Å²) >= 11 is 0. The van der Waals surface area contributed by atoms with Crippen molar-refractivity contribution in [2.75, 3.05) is 6.61 Å². The number of benzene rings is 2. The van der Waals surface area contributed by atoms with Gasteiger partial charge < -0.3 is 20.1 Å². The molecule has 0 unspecified atom stereocenters. The fourth-order valence-corrected chi connectivity index (χ4v) is 4.77. The summed E-state index contributed by atoms with van der Waals surface area (Å²) in [6.45, 7) is 12.6. The molecule has 1 aliphatic heterocycles. The van der Waals surface area contributed by atoms with Crippen LogP contribution in [0.15, 0.2) is 73.0 Å². The third-order valence-corrected chi connectivity index (χ3v) is 7.36. The topological polar surface area (TPSA) is 93.7 Å². The first-order valence-electron chi connectivity index (χ1n) is 13.8. The number of carbonyl (C=O) groups excluding carboxylic acids is 3. The number of ketones is 1. The Morgan fingerprint density at radius 1 is 0.974 bits per heavy atom. The molecular weight excluding hydrogens is 492 g/mol. The Kier molecular flexibility index (Phi) is 11.3. The summed E-state index contributed by atoms with van der Waals surface area (Å²) in [4.78, 5) is 39.8. The maximum Gasteiger partial charge on any atom is 0.262 e. The van der Waals surface area contributed by atoms with Gasteiger partial charge in [-0.2, -0.15) is 0 Å². The molecule has 0 aliphatic carbocycles. The van der Waals surface area contributed by atoms with Gasteiger partial charge in [-0.1, -0.05) is 101 Å². The highest BCUT2D eigenvalue weighted by molar-refractivity contribution is 5.94. The molecule has 5 atom stereocenters. The molecule has 2 N–H and O–H groups in total. The number of hydrogen-bond acceptors (Lipinski definition) is 5. The molecule has 0 saturated carbocycles. The van der Waals surface area contributed by atoms with E-state index in [1.165, 1.54) is 0 Å². The van der Waals surface area contributed by atoms with Crippen LogP contribution in [0.2, 0.25) is 0 Å². The van der Waals surface area contributed by atoms with E-state index in [9.17, 15) is 14.4 Å². The quantitative estimate of drug-likeness (QED) is 0.342. The molecular formula is C32H42N2O5. The van der Waals surface area contributed by atoms with Crippen molar-refractivity contribution in [1.29, 1.82) is 0 Å². The van der Waals surface area contributed by atoms with Crippen molar-refractivity contribution < 1.29 is 23.9 Å². The Morgan fingerprint density at radius 3 is 2.15 bits per heavy atom. The molecule has 0 spiro atoms. The van der Waals surface area contributed by atoms with Crippen LogP contribution in [-0.2, 0) is 37.0 Å². The van der Waals surface area contributed by atoms with Crippen molar-refractivity contribution >= 4 is 17.6 Å². The van der Waals surface area contributed by atoms with Gasteiger partial charge in [0, 0.05) is 13.0 Å². The summed E-state index contributed by atoms with van der Waals surface area (Å²) in [7, 11) is 0. The molecule has 1 saturated heterocycles. The first-order valence-corrected chi connectivity index (χ1v) is 13.8. The van der Waals surface area contributed by atoms with Crippen LogP contribution < -0.4 is 10.6 Å². The number of Topliss-reactive ketones (excluding diaryl/α,β-unsaturated/α-hetero) is 1. The second kappa shape index (κ2) is 14.6. The van der Waals surface area contributed by atoms with E-state index in [1.54, 1.807) is 0 Å². The first-order chi connectivity index (χ1) is 18.7. The number of amides is 2. The van der Waals surface area contributed by atoms with Crippen LogP contribution in [0.4, 0.5) is 0 Å². The summed E-state index contributed by atoms with van der Waals surface area (Å²) in [6, 6.07) is 18.5. The first kappa shape index (κ1) is 30.1. The van der Waals surface area contributed by atoms with E-state index >= 15 is 0 Å². The minimum absolute atomic E-state index is 0.0500. The Morgan fingerprint density at radius 2 is 1.59 bits per heavy atom. The third-order valence-electron chi connectivity index (χ3n) is 7.36. The van der Waals surface area contributed by atoms with Gasteiger partial charge in [0.2, 0.25) is 5.91 Å². The van der Waals surface area contributed by atoms with Crippen LogP contribution in [0.5, 0.6) is 0 Å². The molecule has 0 bridgehead atoms. The zero-order chi connectivity index (χ0) is 28.4. The number of carbonyl (C=O) groups is 3. The summed E-state index contributed by atoms with van der Waals surface area (Å²) in [6.07, 6.45) is 0.193. The standard InChI is InChI=1S/C32H42N2O5/c1-6-22(4)28-23(5)39-30(28)32(37)34-29(21(2)3)27(35)17-26(20-38-19-25-15-11-8-12-16-25)31(36)33-18-24-13-9-7-10-14-24/h7-16,21-22,26,28-30H,5-6,17-20H2,1-4H3,(H,33,36)(H,34,37)/t22-,26-,28+,29-,30+/m0/s1. The zero-order valence-electron chi connectivity index (χ0n) is 23.5. The lowest BCUT2D eigenvalue weighted by Gasteiger charge is -2.42. The molecule has 7 heteroatoms. The lowest BCUT2D eigenvalue weighted by Crippen LogP contribution is -2.56. The van der Waals surface area contributed by atoms with E-state index in [0.29, 0.717) is 18.9 Å². The van der Waals surface area contributed by atoms with Gasteiger partial charge in [0.1, 0.15) is 0 Å². The van der Waals surface area contributed by atoms with E-state index in [2.05, 4.69) is 31.1 Å². The van der Waals surface area contributed by atoms with Crippen molar-refractivity contribution in [2.24, 2.45) is 23.7 Å². The highest BCUT2D eigenvalue weighted by Gasteiger charge is 2.46. The molecule has 2 aromatic carbocycles. The predicted molar refractivity (Wildman–Crippen MR) is 151 cm³/mol. The average molecular weight is 535 g/mol. The Hall–Kier alpha value is -3.45. The number of ether oxygens (including phenoxy) is 2. The lowest BCUT2D eigenvalue weighted by atomic mass is 9.81. The number of rotatable bonds is 15. The van der Waals surface area contributed by atoms with Crippen molar-refractivity contribution in [2.45, 2.75) is 65.8 Å². The smallest absolute Gasteiger partial charge is 0.262 e. The van der Waals surface area contributed by atoms with E-state index in [4.69, 9.17) is 9.47 Å². The third kappa shape index (κ3) is 8.52. The van der Waals surface area contributed by atoms with Gasteiger partial charge in [0.15, 0.2) is 11.9 Å². The molecule has 210 valence electrons. The van der Waals surface area contributed by atoms with E-state index in [-0.39, 0.29) is 48.4 Å². The van der Waals surface area contributed by atoms with Crippen LogP contribution in [0.1, 0.15) is 51.7 Å². The molecule has 7 nitrogen and oxygen atoms in total. The van der Waals surface area contributed by atoms with Crippen LogP contribution in [-0.4, -0.2) is 36.4 Å². The van der Waals surface area contributed by atoms with Crippen LogP contribution in [0.3, 0.4) is 0 Å². The second-order valence-corrected chi connectivity index (χ2v) is 10.7. The monoisotopic (exact) mass is 534 g/mol. The minimum Gasteiger partial charge on any atom is -0.484 e. The highest BCUT2D eigenvalue weighted by Crippen LogP contribution is 2.38. The van der Waals surface area contributed by atoms with Crippen LogP contribution >= 0.6 is 0 Å². The Balaban J connectivity index is 1.66. The fraction of sp³-hybridized carbons (Fsp3) is 0.469. The number of nitrogens with one attached hydrogen (secondary N) is 2. The van der Waals surface area contributed by atoms with Gasteiger partial charge in [-0.25, -0.2) is 0 Å². The van der Waals surface area contributed by atoms with E-state index in [0.717, 1.165) is 17.5 Å². The largest absolute Gasteiger partial charge is 0.484 e. The van der Waals surface area contributed by atoms with E-state index < -0.39 is 18.1 Å². The van der Waals surface area contributed by atoms with Crippen molar-refractivity contribution in [1.82, 2.24) is 10.6 Å².